The monoisotopic (exact) mass is 1300 g/mol. The Bertz CT molecular complexity index is 3740. The molecule has 0 amide bonds. The van der Waals surface area contributed by atoms with Crippen molar-refractivity contribution >= 4 is 75.9 Å². The topological polar surface area (TPSA) is 399 Å². The van der Waals surface area contributed by atoms with E-state index in [0.29, 0.717) is 52.7 Å². The fourth-order valence-corrected chi connectivity index (χ4v) is 7.78. The molecule has 6 aliphatic rings. The summed E-state index contributed by atoms with van der Waals surface area (Å²) in [7, 11) is 2.70. The number of allylic oxidation sites excluding steroid dienone is 15. The summed E-state index contributed by atoms with van der Waals surface area (Å²) in [5.41, 5.74) is 9.36. The van der Waals surface area contributed by atoms with Crippen molar-refractivity contribution in [3.05, 3.63) is 247 Å². The largest absolute Gasteiger partial charge is 0.469 e. The average molecular weight is 1300 g/mol. The SMILES string of the molecule is CC(=O)OCC1=CC2=C(C1)C(=O)C=CC2=O.CC(=O)OCC1=CC=C([N+](=O)[O-])C1.CC(=O)OCC1=CCC2=C1C(=O)C=CC2=O.CC(=O)OCc1ccc([N+](=O)[O-])cc1.COC(C)=O.COC(C)=O.Cc1ccc(C2=CC=C([N+](=O)[O-])C2)cc1.Cc1ccccc1[N+](=O)[O-]. The van der Waals surface area contributed by atoms with Gasteiger partial charge in [-0.3, -0.25) is 88.4 Å². The van der Waals surface area contributed by atoms with Crippen LogP contribution in [0.5, 0.6) is 0 Å². The second kappa shape index (κ2) is 40.0. The molecule has 0 saturated carbocycles. The summed E-state index contributed by atoms with van der Waals surface area (Å²) >= 11 is 0. The summed E-state index contributed by atoms with van der Waals surface area (Å²) in [4.78, 5) is 147. The van der Waals surface area contributed by atoms with Crippen LogP contribution < -0.4 is 0 Å². The summed E-state index contributed by atoms with van der Waals surface area (Å²) in [5, 5.41) is 41.3. The first-order valence-electron chi connectivity index (χ1n) is 27.9. The number of rotatable bonds is 13. The Morgan fingerprint density at radius 1 is 0.468 bits per heavy atom. The Labute approximate surface area is 538 Å². The highest BCUT2D eigenvalue weighted by Crippen LogP contribution is 2.32. The number of ketones is 4. The van der Waals surface area contributed by atoms with Crippen molar-refractivity contribution < 1.29 is 96.1 Å². The van der Waals surface area contributed by atoms with Gasteiger partial charge in [-0.05, 0) is 96.2 Å². The maximum atomic E-state index is 11.6. The summed E-state index contributed by atoms with van der Waals surface area (Å²) in [6.07, 6.45) is 16.5. The van der Waals surface area contributed by atoms with Crippen molar-refractivity contribution in [2.24, 2.45) is 0 Å². The summed E-state index contributed by atoms with van der Waals surface area (Å²) in [5.74, 6) is -2.64. The molecule has 0 N–H and O–H groups in total. The number of non-ortho nitro benzene ring substituents is 1. The van der Waals surface area contributed by atoms with E-state index in [0.717, 1.165) is 27.8 Å². The van der Waals surface area contributed by atoms with Crippen LogP contribution in [0.1, 0.15) is 89.5 Å². The molecule has 0 spiro atoms. The number of esters is 6. The van der Waals surface area contributed by atoms with Crippen molar-refractivity contribution in [1.29, 1.82) is 0 Å². The normalized spacial score (nSPS) is 13.9. The van der Waals surface area contributed by atoms with Gasteiger partial charge in [0.15, 0.2) is 23.1 Å². The molecule has 3 aromatic rings. The highest BCUT2D eigenvalue weighted by molar-refractivity contribution is 6.23. The molecule has 0 saturated heterocycles. The third-order valence-electron chi connectivity index (χ3n) is 12.6. The number of benzene rings is 3. The number of nitrogens with zero attached hydrogens (tertiary/aromatic N) is 4. The van der Waals surface area contributed by atoms with Crippen molar-refractivity contribution in [3.8, 4) is 0 Å². The predicted molar refractivity (Wildman–Crippen MR) is 336 cm³/mol. The first kappa shape index (κ1) is 78.3. The van der Waals surface area contributed by atoms with E-state index in [1.807, 2.05) is 37.3 Å². The minimum atomic E-state index is -0.477. The van der Waals surface area contributed by atoms with Gasteiger partial charge in [-0.25, -0.2) is 0 Å². The fraction of sp³-hybridized carbons (Fsp3) is 0.273. The molecule has 9 rings (SSSR count). The second-order valence-corrected chi connectivity index (χ2v) is 19.8. The lowest BCUT2D eigenvalue weighted by atomic mass is 9.94. The number of nitro groups is 4. The van der Waals surface area contributed by atoms with Crippen LogP contribution in [0.15, 0.2) is 184 Å². The Morgan fingerprint density at radius 2 is 0.936 bits per heavy atom. The van der Waals surface area contributed by atoms with Crippen LogP contribution in [-0.4, -0.2) is 113 Å². The molecule has 0 aromatic heterocycles. The number of hydrogen-bond donors (Lipinski definition) is 0. The van der Waals surface area contributed by atoms with Crippen molar-refractivity contribution in [2.45, 2.75) is 87.7 Å². The van der Waals surface area contributed by atoms with Crippen molar-refractivity contribution in [3.63, 3.8) is 0 Å². The molecule has 0 heterocycles. The van der Waals surface area contributed by atoms with Crippen LogP contribution in [0.3, 0.4) is 0 Å². The molecule has 0 unspecified atom stereocenters. The molecule has 0 aliphatic heterocycles. The van der Waals surface area contributed by atoms with Crippen LogP contribution in [0, 0.1) is 54.3 Å². The molecule has 0 fully saturated rings. The van der Waals surface area contributed by atoms with E-state index >= 15 is 0 Å². The predicted octanol–water partition coefficient (Wildman–Crippen LogP) is 9.67. The Morgan fingerprint density at radius 3 is 1.39 bits per heavy atom. The zero-order valence-corrected chi connectivity index (χ0v) is 52.9. The van der Waals surface area contributed by atoms with Gasteiger partial charge >= 0.3 is 35.8 Å². The van der Waals surface area contributed by atoms with Crippen LogP contribution in [0.2, 0.25) is 0 Å². The standard InChI is InChI=1S/C12H11NO2.2C12H10O4.C9H9NO4.C8H9NO4.C7H7NO2.2C3H6O2/c1-9-2-4-10(5-3-9)11-6-7-12(8-11)13(14)15;1-7(13)16-6-8-4-9-10(5-8)12(15)3-2-11(9)14;1-7(13)16-6-8-2-3-9-10(14)4-5-11(15)12(8)9;1-7(11)14-6-8-2-4-9(5-3-8)10(12)13;1-6(10)13-5-7-2-3-8(4-7)9(11)12;1-6-4-2-3-5-7(6)8(9)10;2*1-3(4)5-2/h2-7H,8H2,1H3;2-4H,5-6H2,1H3;2,4-5H,3,6H2,1H3;2-5H,6H2,1H3;2-3H,4-5H2,1H3;2-5H,1H3;2*1-2H3. The number of nitro benzene ring substituents is 2. The van der Waals surface area contributed by atoms with E-state index in [1.54, 1.807) is 61.6 Å². The van der Waals surface area contributed by atoms with E-state index in [-0.39, 0.29) is 118 Å². The van der Waals surface area contributed by atoms with E-state index in [9.17, 15) is 88.4 Å². The second-order valence-electron chi connectivity index (χ2n) is 19.8. The maximum absolute atomic E-state index is 11.6. The quantitative estimate of drug-likeness (QED) is 0.0505. The zero-order valence-electron chi connectivity index (χ0n) is 52.9. The lowest BCUT2D eigenvalue weighted by Crippen LogP contribution is -2.15. The molecule has 94 heavy (non-hydrogen) atoms. The van der Waals surface area contributed by atoms with Gasteiger partial charge in [0.2, 0.25) is 5.70 Å². The molecule has 0 radical (unpaired) electrons. The van der Waals surface area contributed by atoms with Crippen LogP contribution >= 0.6 is 0 Å². The Balaban J connectivity index is 0.000000375. The molecule has 6 aliphatic carbocycles. The number of carbonyl (C=O) groups excluding carboxylic acids is 10. The van der Waals surface area contributed by atoms with E-state index in [4.69, 9.17) is 18.9 Å². The first-order valence-corrected chi connectivity index (χ1v) is 27.9. The van der Waals surface area contributed by atoms with Crippen molar-refractivity contribution in [1.82, 2.24) is 0 Å². The summed E-state index contributed by atoms with van der Waals surface area (Å²) < 4.78 is 27.3. The van der Waals surface area contributed by atoms with Crippen molar-refractivity contribution in [2.75, 3.05) is 34.0 Å². The minimum Gasteiger partial charge on any atom is -0.469 e. The van der Waals surface area contributed by atoms with Crippen LogP contribution in [-0.2, 0) is 83.0 Å². The number of para-hydroxylation sites is 1. The van der Waals surface area contributed by atoms with E-state index in [1.165, 1.54) is 110 Å². The zero-order chi connectivity index (χ0) is 70.8. The van der Waals surface area contributed by atoms with E-state index in [2.05, 4.69) is 9.47 Å². The Kier molecular flexibility index (Phi) is 33.3. The van der Waals surface area contributed by atoms with Gasteiger partial charge in [0.05, 0.1) is 46.8 Å². The molecular weight excluding hydrogens is 1230 g/mol. The maximum Gasteiger partial charge on any atom is 0.302 e. The number of carbonyl (C=O) groups is 10. The highest BCUT2D eigenvalue weighted by Gasteiger charge is 2.30. The minimum absolute atomic E-state index is 0.0246. The number of ether oxygens (including phenoxy) is 6. The molecule has 3 aromatic carbocycles. The smallest absolute Gasteiger partial charge is 0.302 e. The van der Waals surface area contributed by atoms with Gasteiger partial charge in [0.25, 0.3) is 17.1 Å². The van der Waals surface area contributed by atoms with Gasteiger partial charge in [0, 0.05) is 106 Å². The van der Waals surface area contributed by atoms with E-state index < -0.39 is 15.8 Å². The summed E-state index contributed by atoms with van der Waals surface area (Å²) in [6.45, 7) is 12.2. The third kappa shape index (κ3) is 28.8. The van der Waals surface area contributed by atoms with Crippen LogP contribution in [0.25, 0.3) is 5.57 Å². The molecule has 0 bridgehead atoms. The number of methoxy groups -OCH3 is 2. The number of hydrogen-bond acceptors (Lipinski definition) is 24. The van der Waals surface area contributed by atoms with Gasteiger partial charge < -0.3 is 28.4 Å². The average Bonchev–Trinajstić information content (AvgIpc) is 1.65. The molecule has 28 nitrogen and oxygen atoms in total. The van der Waals surface area contributed by atoms with Crippen LogP contribution in [0.4, 0.5) is 11.4 Å². The highest BCUT2D eigenvalue weighted by atomic mass is 16.6. The first-order chi connectivity index (χ1) is 44.3. The van der Waals surface area contributed by atoms with Gasteiger partial charge in [-0.1, -0.05) is 66.3 Å². The fourth-order valence-electron chi connectivity index (χ4n) is 7.78. The lowest BCUT2D eigenvalue weighted by molar-refractivity contribution is -0.426. The third-order valence-corrected chi connectivity index (χ3v) is 12.6. The Hall–Kier alpha value is -11.8. The molecule has 0 atom stereocenters. The van der Waals surface area contributed by atoms with Gasteiger partial charge in [-0.15, -0.1) is 0 Å². The molecule has 28 heteroatoms. The lowest BCUT2D eigenvalue weighted by Gasteiger charge is -2.10. The summed E-state index contributed by atoms with van der Waals surface area (Å²) in [6, 6.07) is 20.5. The molecule has 496 valence electrons. The van der Waals surface area contributed by atoms with Gasteiger partial charge in [-0.2, -0.15) is 0 Å². The molecular formula is C66H68N4O24. The van der Waals surface area contributed by atoms with Gasteiger partial charge in [0.1, 0.15) is 26.4 Å². The number of aryl methyl sites for hydroxylation is 2.